The molecule has 1 aliphatic carbocycles. The second-order valence-electron chi connectivity index (χ2n) is 9.41. The standard InChI is InChI=1S/C27H36N2O5S/c1-3-23(30)14-15-27(32)28-25(17-21-9-5-4-6-10-21)26(31)19-29(18-22-12-13-22)35(33,34)24-11-7-8-20(2)16-24/h4-11,16,22,25-26,31H,3,12-15,17-19H2,1-2H3,(H,28,32)/t25-,26+/m0/s1. The second kappa shape index (κ2) is 12.4. The Bertz CT molecular complexity index is 1100. The maximum atomic E-state index is 13.5. The van der Waals surface area contributed by atoms with Crippen LogP contribution in [-0.2, 0) is 26.0 Å². The van der Waals surface area contributed by atoms with E-state index in [1.165, 1.54) is 4.31 Å². The van der Waals surface area contributed by atoms with E-state index >= 15 is 0 Å². The van der Waals surface area contributed by atoms with Crippen molar-refractivity contribution in [3.63, 3.8) is 0 Å². The first-order valence-corrected chi connectivity index (χ1v) is 13.7. The molecule has 190 valence electrons. The summed E-state index contributed by atoms with van der Waals surface area (Å²) in [4.78, 5) is 24.4. The lowest BCUT2D eigenvalue weighted by atomic mass is 10.0. The molecule has 35 heavy (non-hydrogen) atoms. The van der Waals surface area contributed by atoms with E-state index in [0.717, 1.165) is 24.0 Å². The largest absolute Gasteiger partial charge is 0.390 e. The SMILES string of the molecule is CCC(=O)CCC(=O)N[C@@H](Cc1ccccc1)[C@H](O)CN(CC1CC1)S(=O)(=O)c1cccc(C)c1. The zero-order chi connectivity index (χ0) is 25.4. The zero-order valence-corrected chi connectivity index (χ0v) is 21.3. The van der Waals surface area contributed by atoms with E-state index < -0.39 is 22.2 Å². The third-order valence-electron chi connectivity index (χ3n) is 6.31. The van der Waals surface area contributed by atoms with Crippen LogP contribution >= 0.6 is 0 Å². The first kappa shape index (κ1) is 27.0. The van der Waals surface area contributed by atoms with E-state index in [0.29, 0.717) is 19.4 Å². The lowest BCUT2D eigenvalue weighted by Gasteiger charge is -2.30. The minimum absolute atomic E-state index is 0.000152. The van der Waals surface area contributed by atoms with Gasteiger partial charge in [-0.05, 0) is 55.4 Å². The highest BCUT2D eigenvalue weighted by Gasteiger charge is 2.35. The minimum atomic E-state index is -3.82. The monoisotopic (exact) mass is 500 g/mol. The fourth-order valence-electron chi connectivity index (χ4n) is 3.98. The molecule has 2 atom stereocenters. The van der Waals surface area contributed by atoms with E-state index in [1.54, 1.807) is 25.1 Å². The highest BCUT2D eigenvalue weighted by molar-refractivity contribution is 7.89. The molecular formula is C27H36N2O5S. The maximum Gasteiger partial charge on any atom is 0.243 e. The van der Waals surface area contributed by atoms with Crippen LogP contribution in [0.25, 0.3) is 0 Å². The van der Waals surface area contributed by atoms with Crippen LogP contribution in [0.1, 0.15) is 50.2 Å². The lowest BCUT2D eigenvalue weighted by molar-refractivity contribution is -0.126. The molecule has 0 bridgehead atoms. The van der Waals surface area contributed by atoms with E-state index in [9.17, 15) is 23.1 Å². The molecule has 2 aromatic carbocycles. The zero-order valence-electron chi connectivity index (χ0n) is 20.5. The summed E-state index contributed by atoms with van der Waals surface area (Å²) in [6.07, 6.45) is 1.70. The van der Waals surface area contributed by atoms with Crippen molar-refractivity contribution in [1.29, 1.82) is 0 Å². The molecule has 0 aromatic heterocycles. The topological polar surface area (TPSA) is 104 Å². The van der Waals surface area contributed by atoms with E-state index in [-0.39, 0.29) is 41.9 Å². The van der Waals surface area contributed by atoms with Gasteiger partial charge in [-0.1, -0.05) is 49.4 Å². The first-order chi connectivity index (χ1) is 16.7. The fraction of sp³-hybridized carbons (Fsp3) is 0.481. The molecule has 0 aliphatic heterocycles. The van der Waals surface area contributed by atoms with E-state index in [1.807, 2.05) is 43.3 Å². The van der Waals surface area contributed by atoms with Gasteiger partial charge >= 0.3 is 0 Å². The number of nitrogens with one attached hydrogen (secondary N) is 1. The summed E-state index contributed by atoms with van der Waals surface area (Å²) in [6, 6.07) is 15.5. The van der Waals surface area contributed by atoms with Crippen LogP contribution in [0.3, 0.4) is 0 Å². The fourth-order valence-corrected chi connectivity index (χ4v) is 5.62. The number of hydrogen-bond acceptors (Lipinski definition) is 5. The number of amides is 1. The van der Waals surface area contributed by atoms with Crippen LogP contribution in [0, 0.1) is 12.8 Å². The first-order valence-electron chi connectivity index (χ1n) is 12.3. The Balaban J connectivity index is 1.79. The average Bonchev–Trinajstić information content (AvgIpc) is 3.66. The number of Topliss-reactive ketones (excluding diaryl/α,β-unsaturated/α-hetero) is 1. The van der Waals surface area contributed by atoms with Crippen molar-refractivity contribution in [2.45, 2.75) is 69.4 Å². The third-order valence-corrected chi connectivity index (χ3v) is 8.14. The normalized spacial score (nSPS) is 15.5. The number of sulfonamides is 1. The molecular weight excluding hydrogens is 464 g/mol. The molecule has 8 heteroatoms. The van der Waals surface area contributed by atoms with Gasteiger partial charge in [0.05, 0.1) is 17.0 Å². The van der Waals surface area contributed by atoms with Crippen molar-refractivity contribution in [2.75, 3.05) is 13.1 Å². The highest BCUT2D eigenvalue weighted by Crippen LogP contribution is 2.32. The predicted molar refractivity (Wildman–Crippen MR) is 135 cm³/mol. The summed E-state index contributed by atoms with van der Waals surface area (Å²) < 4.78 is 28.3. The van der Waals surface area contributed by atoms with Crippen LogP contribution < -0.4 is 5.32 Å². The van der Waals surface area contributed by atoms with Crippen LogP contribution in [0.2, 0.25) is 0 Å². The van der Waals surface area contributed by atoms with Crippen molar-refractivity contribution < 1.29 is 23.1 Å². The molecule has 2 aromatic rings. The molecule has 0 spiro atoms. The maximum absolute atomic E-state index is 13.5. The molecule has 0 saturated heterocycles. The number of aryl methyl sites for hydroxylation is 1. The molecule has 3 rings (SSSR count). The lowest BCUT2D eigenvalue weighted by Crippen LogP contribution is -2.51. The van der Waals surface area contributed by atoms with Crippen LogP contribution in [0.4, 0.5) is 0 Å². The van der Waals surface area contributed by atoms with Gasteiger partial charge in [-0.3, -0.25) is 9.59 Å². The van der Waals surface area contributed by atoms with Gasteiger partial charge in [-0.2, -0.15) is 4.31 Å². The summed E-state index contributed by atoms with van der Waals surface area (Å²) in [6.45, 7) is 3.81. The van der Waals surface area contributed by atoms with Crippen molar-refractivity contribution in [2.24, 2.45) is 5.92 Å². The third kappa shape index (κ3) is 8.26. The van der Waals surface area contributed by atoms with Crippen molar-refractivity contribution in [3.05, 3.63) is 65.7 Å². The van der Waals surface area contributed by atoms with Crippen molar-refractivity contribution in [1.82, 2.24) is 9.62 Å². The number of hydrogen-bond donors (Lipinski definition) is 2. The number of rotatable bonds is 14. The molecule has 1 amide bonds. The van der Waals surface area contributed by atoms with Crippen LogP contribution in [0.5, 0.6) is 0 Å². The average molecular weight is 501 g/mol. The number of aliphatic hydroxyl groups excluding tert-OH is 1. The summed E-state index contributed by atoms with van der Waals surface area (Å²) >= 11 is 0. The molecule has 0 unspecified atom stereocenters. The summed E-state index contributed by atoms with van der Waals surface area (Å²) in [5.41, 5.74) is 1.76. The Morgan fingerprint density at radius 1 is 1.09 bits per heavy atom. The molecule has 1 fully saturated rings. The van der Waals surface area contributed by atoms with Gasteiger partial charge in [0.2, 0.25) is 15.9 Å². The van der Waals surface area contributed by atoms with Gasteiger partial charge in [0.25, 0.3) is 0 Å². The number of benzene rings is 2. The predicted octanol–water partition coefficient (Wildman–Crippen LogP) is 3.24. The van der Waals surface area contributed by atoms with Gasteiger partial charge in [-0.15, -0.1) is 0 Å². The second-order valence-corrected chi connectivity index (χ2v) is 11.3. The summed E-state index contributed by atoms with van der Waals surface area (Å²) in [5, 5.41) is 14.1. The summed E-state index contributed by atoms with van der Waals surface area (Å²) in [5.74, 6) is -0.0498. The smallest absolute Gasteiger partial charge is 0.243 e. The van der Waals surface area contributed by atoms with Gasteiger partial charge < -0.3 is 10.4 Å². The minimum Gasteiger partial charge on any atom is -0.390 e. The number of aliphatic hydroxyl groups is 1. The summed E-state index contributed by atoms with van der Waals surface area (Å²) in [7, 11) is -3.82. The highest BCUT2D eigenvalue weighted by atomic mass is 32.2. The van der Waals surface area contributed by atoms with Crippen LogP contribution in [-0.4, -0.2) is 54.8 Å². The number of carbonyl (C=O) groups excluding carboxylic acids is 2. The quantitative estimate of drug-likeness (QED) is 0.414. The van der Waals surface area contributed by atoms with E-state index in [4.69, 9.17) is 0 Å². The number of carbonyl (C=O) groups is 2. The Morgan fingerprint density at radius 3 is 2.43 bits per heavy atom. The molecule has 1 aliphatic rings. The van der Waals surface area contributed by atoms with Crippen LogP contribution in [0.15, 0.2) is 59.5 Å². The Kier molecular flexibility index (Phi) is 9.60. The number of ketones is 1. The Morgan fingerprint density at radius 2 is 1.80 bits per heavy atom. The van der Waals surface area contributed by atoms with E-state index in [2.05, 4.69) is 5.32 Å². The molecule has 7 nitrogen and oxygen atoms in total. The van der Waals surface area contributed by atoms with Crippen molar-refractivity contribution >= 4 is 21.7 Å². The van der Waals surface area contributed by atoms with Crippen molar-refractivity contribution in [3.8, 4) is 0 Å². The van der Waals surface area contributed by atoms with Gasteiger partial charge in [-0.25, -0.2) is 8.42 Å². The Hall–Kier alpha value is -2.55. The molecule has 0 heterocycles. The number of nitrogens with zero attached hydrogens (tertiary/aromatic N) is 1. The molecule has 2 N–H and O–H groups in total. The molecule has 1 saturated carbocycles. The van der Waals surface area contributed by atoms with Gasteiger partial charge in [0, 0.05) is 32.4 Å². The Labute approximate surface area is 208 Å². The molecule has 0 radical (unpaired) electrons. The van der Waals surface area contributed by atoms with Gasteiger partial charge in [0.1, 0.15) is 5.78 Å². The van der Waals surface area contributed by atoms with Gasteiger partial charge in [0.15, 0.2) is 0 Å².